The molecule has 5 aliphatic rings. The van der Waals surface area contributed by atoms with Crippen LogP contribution in [-0.2, 0) is 23.7 Å². The number of nitrogens with zero attached hydrogens (tertiary/aromatic N) is 7. The van der Waals surface area contributed by atoms with Crippen molar-refractivity contribution in [1.29, 1.82) is 0 Å². The van der Waals surface area contributed by atoms with Crippen LogP contribution in [0.1, 0.15) is 50.1 Å². The Balaban J connectivity index is 0.777. The van der Waals surface area contributed by atoms with E-state index in [2.05, 4.69) is 36.7 Å². The van der Waals surface area contributed by atoms with Crippen LogP contribution in [0.2, 0.25) is 5.02 Å². The lowest BCUT2D eigenvalue weighted by atomic mass is 9.92. The number of carbonyl (C=O) groups is 2. The number of benzene rings is 2. The Kier molecular flexibility index (Phi) is 10.0. The molecule has 5 aromatic rings. The highest BCUT2D eigenvalue weighted by molar-refractivity contribution is 6.33. The summed E-state index contributed by atoms with van der Waals surface area (Å²) in [6, 6.07) is 12.5. The van der Waals surface area contributed by atoms with Crippen LogP contribution in [0.3, 0.4) is 0 Å². The smallest absolute Gasteiger partial charge is 0.301 e. The van der Waals surface area contributed by atoms with Crippen molar-refractivity contribution in [2.75, 3.05) is 72.9 Å². The Bertz CT molecular complexity index is 2610. The minimum atomic E-state index is -3.12. The standard InChI is InChI=1S/C44H49ClF2N10O4/c1-53-33-10-8-27(20-30(33)38-40(43(53)60)61-24-44(46,47)41(51-38)26-6-7-26)49-32-21-35(48-22-31(32)45)57-14-12-25(13-15-57)23-55-16-18-56(19-17-55)34-5-3-4-28-37(52-54(2)39(28)34)29-9-11-36(58)50-42(29)59/h3-5,8,10,20-22,25-26,29,41,51H,6-7,9,11-19,23-24H2,1-2H3,(H,48,49)(H,50,58,59). The van der Waals surface area contributed by atoms with Gasteiger partial charge in [-0.2, -0.15) is 5.10 Å². The lowest BCUT2D eigenvalue weighted by Gasteiger charge is -2.40. The second kappa shape index (κ2) is 15.5. The van der Waals surface area contributed by atoms with Crippen LogP contribution in [0.25, 0.3) is 21.8 Å². The van der Waals surface area contributed by atoms with Crippen molar-refractivity contribution in [3.05, 3.63) is 69.7 Å². The molecule has 2 unspecified atom stereocenters. The number of rotatable bonds is 8. The number of fused-ring (bicyclic) bond motifs is 4. The minimum absolute atomic E-state index is 0.0908. The van der Waals surface area contributed by atoms with E-state index < -0.39 is 30.0 Å². The van der Waals surface area contributed by atoms with E-state index in [1.54, 1.807) is 19.3 Å². The topological polar surface area (TPSA) is 142 Å². The molecular weight excluding hydrogens is 806 g/mol. The molecule has 0 bridgehead atoms. The number of aryl methyl sites for hydroxylation is 2. The fourth-order valence-corrected chi connectivity index (χ4v) is 9.98. The van der Waals surface area contributed by atoms with Crippen molar-refractivity contribution in [2.45, 2.75) is 56.4 Å². The second-order valence-corrected chi connectivity index (χ2v) is 17.8. The number of hydrogen-bond donors (Lipinski definition) is 3. The normalized spacial score (nSPS) is 22.4. The summed E-state index contributed by atoms with van der Waals surface area (Å²) in [5.74, 6) is -2.93. The lowest BCUT2D eigenvalue weighted by molar-refractivity contribution is -0.134. The third-order valence-corrected chi connectivity index (χ3v) is 13.6. The molecule has 17 heteroatoms. The van der Waals surface area contributed by atoms with Crippen LogP contribution in [0.15, 0.2) is 53.5 Å². The lowest BCUT2D eigenvalue weighted by Crippen LogP contribution is -2.49. The maximum atomic E-state index is 15.2. The zero-order valence-corrected chi connectivity index (χ0v) is 35.0. The van der Waals surface area contributed by atoms with Crippen LogP contribution >= 0.6 is 11.6 Å². The van der Waals surface area contributed by atoms with Crippen molar-refractivity contribution in [1.82, 2.24) is 29.5 Å². The Morgan fingerprint density at radius 3 is 2.48 bits per heavy atom. The molecule has 3 N–H and O–H groups in total. The largest absolute Gasteiger partial charge is 0.480 e. The SMILES string of the molecule is Cn1nc(C2CCC(=O)NC2=O)c2cccc(N3CCN(CC4CCN(c5cc(Nc6ccc7c(c6)c6c(c(=O)n7C)OCC(F)(F)C(C7CC7)N6)c(Cl)cn5)CC4)CC3)c21. The molecule has 3 saturated heterocycles. The maximum Gasteiger partial charge on any atom is 0.301 e. The first-order chi connectivity index (χ1) is 29.4. The number of alkyl halides is 2. The van der Waals surface area contributed by atoms with Gasteiger partial charge in [0.2, 0.25) is 17.6 Å². The van der Waals surface area contributed by atoms with Gasteiger partial charge in [-0.1, -0.05) is 23.7 Å². The summed E-state index contributed by atoms with van der Waals surface area (Å²) in [7, 11) is 3.54. The highest BCUT2D eigenvalue weighted by atomic mass is 35.5. The molecule has 320 valence electrons. The van der Waals surface area contributed by atoms with E-state index in [-0.39, 0.29) is 23.5 Å². The predicted molar refractivity (Wildman–Crippen MR) is 232 cm³/mol. The minimum Gasteiger partial charge on any atom is -0.480 e. The molecule has 3 aromatic heterocycles. The number of halogens is 3. The number of piperidine rings is 2. The first-order valence-electron chi connectivity index (χ1n) is 21.3. The third kappa shape index (κ3) is 7.40. The van der Waals surface area contributed by atoms with Crippen LogP contribution in [0.5, 0.6) is 5.75 Å². The van der Waals surface area contributed by atoms with Gasteiger partial charge in [0.25, 0.3) is 5.56 Å². The zero-order valence-electron chi connectivity index (χ0n) is 34.2. The van der Waals surface area contributed by atoms with E-state index >= 15 is 8.78 Å². The van der Waals surface area contributed by atoms with Crippen molar-refractivity contribution < 1.29 is 23.1 Å². The quantitative estimate of drug-likeness (QED) is 0.159. The summed E-state index contributed by atoms with van der Waals surface area (Å²) in [5.41, 5.74) is 4.65. The summed E-state index contributed by atoms with van der Waals surface area (Å²) in [6.07, 6.45) is 5.94. The number of hydrogen-bond acceptors (Lipinski definition) is 11. The summed E-state index contributed by atoms with van der Waals surface area (Å²) >= 11 is 6.70. The number of carbonyl (C=O) groups excluding carboxylic acids is 2. The molecule has 4 fully saturated rings. The van der Waals surface area contributed by atoms with E-state index in [9.17, 15) is 14.4 Å². The van der Waals surface area contributed by atoms with Crippen LogP contribution in [0, 0.1) is 11.8 Å². The third-order valence-electron chi connectivity index (χ3n) is 13.3. The molecule has 2 amide bonds. The highest BCUT2D eigenvalue weighted by Crippen LogP contribution is 2.46. The molecule has 0 radical (unpaired) electrons. The van der Waals surface area contributed by atoms with Crippen molar-refractivity contribution in [3.63, 3.8) is 0 Å². The van der Waals surface area contributed by atoms with Gasteiger partial charge in [-0.3, -0.25) is 29.3 Å². The van der Waals surface area contributed by atoms with Gasteiger partial charge in [-0.15, -0.1) is 0 Å². The Hall–Kier alpha value is -5.48. The molecule has 0 spiro atoms. The van der Waals surface area contributed by atoms with E-state index in [1.807, 2.05) is 42.1 Å². The van der Waals surface area contributed by atoms with E-state index in [0.717, 1.165) is 86.8 Å². The molecule has 4 aliphatic heterocycles. The zero-order chi connectivity index (χ0) is 42.2. The van der Waals surface area contributed by atoms with Gasteiger partial charge in [0.1, 0.15) is 5.82 Å². The number of imide groups is 1. The predicted octanol–water partition coefficient (Wildman–Crippen LogP) is 5.99. The Morgan fingerprint density at radius 1 is 0.934 bits per heavy atom. The van der Waals surface area contributed by atoms with Gasteiger partial charge < -0.3 is 29.7 Å². The number of anilines is 5. The van der Waals surface area contributed by atoms with Crippen LogP contribution in [-0.4, -0.2) is 100 Å². The summed E-state index contributed by atoms with van der Waals surface area (Å²) in [6.45, 7) is 5.60. The van der Waals surface area contributed by atoms with Crippen molar-refractivity contribution in [2.24, 2.45) is 25.9 Å². The molecule has 10 rings (SSSR count). The van der Waals surface area contributed by atoms with Crippen LogP contribution in [0.4, 0.5) is 37.3 Å². The number of nitrogens with one attached hydrogen (secondary N) is 3. The van der Waals surface area contributed by atoms with E-state index in [0.29, 0.717) is 64.6 Å². The van der Waals surface area contributed by atoms with Gasteiger partial charge in [0.15, 0.2) is 6.61 Å². The molecular formula is C44H49ClF2N10O4. The Labute approximate surface area is 356 Å². The fraction of sp³-hybridized carbons (Fsp3) is 0.477. The monoisotopic (exact) mass is 854 g/mol. The first-order valence-corrected chi connectivity index (χ1v) is 21.7. The van der Waals surface area contributed by atoms with Gasteiger partial charge in [-0.05, 0) is 68.2 Å². The molecule has 2 atom stereocenters. The number of amides is 2. The van der Waals surface area contributed by atoms with Crippen molar-refractivity contribution in [3.8, 4) is 5.75 Å². The summed E-state index contributed by atoms with van der Waals surface area (Å²) in [4.78, 5) is 49.7. The number of aromatic nitrogens is 4. The van der Waals surface area contributed by atoms with E-state index in [1.165, 1.54) is 4.57 Å². The summed E-state index contributed by atoms with van der Waals surface area (Å²) in [5, 5.41) is 15.8. The highest BCUT2D eigenvalue weighted by Gasteiger charge is 2.51. The van der Waals surface area contributed by atoms with Crippen molar-refractivity contribution >= 4 is 73.8 Å². The van der Waals surface area contributed by atoms with Crippen LogP contribution < -0.4 is 36.0 Å². The van der Waals surface area contributed by atoms with Gasteiger partial charge in [0, 0.05) is 88.9 Å². The average Bonchev–Trinajstić information content (AvgIpc) is 4.05. The molecule has 1 saturated carbocycles. The Morgan fingerprint density at radius 2 is 1.72 bits per heavy atom. The number of para-hydroxylation sites is 1. The molecule has 7 heterocycles. The number of ether oxygens (including phenoxy) is 1. The summed E-state index contributed by atoms with van der Waals surface area (Å²) < 4.78 is 39.2. The molecule has 1 aliphatic carbocycles. The molecule has 61 heavy (non-hydrogen) atoms. The number of piperazine rings is 1. The van der Waals surface area contributed by atoms with Gasteiger partial charge >= 0.3 is 5.92 Å². The average molecular weight is 855 g/mol. The molecule has 14 nitrogen and oxygen atoms in total. The van der Waals surface area contributed by atoms with Gasteiger partial charge in [0.05, 0.1) is 57.0 Å². The number of pyridine rings is 2. The van der Waals surface area contributed by atoms with E-state index in [4.69, 9.17) is 26.4 Å². The fourth-order valence-electron chi connectivity index (χ4n) is 9.83. The first kappa shape index (κ1) is 39.6. The van der Waals surface area contributed by atoms with Gasteiger partial charge in [-0.25, -0.2) is 13.8 Å². The maximum absolute atomic E-state index is 15.2. The second-order valence-electron chi connectivity index (χ2n) is 17.4. The molecule has 2 aromatic carbocycles.